The summed E-state index contributed by atoms with van der Waals surface area (Å²) < 4.78 is 4.21. The lowest BCUT2D eigenvalue weighted by Gasteiger charge is -2.18. The number of nitrogens with one attached hydrogen (secondary N) is 2. The minimum Gasteiger partial charge on any atom is -0.357 e. The molecule has 2 heterocycles. The summed E-state index contributed by atoms with van der Waals surface area (Å²) in [6.07, 6.45) is 4.80. The van der Waals surface area contributed by atoms with E-state index in [2.05, 4.69) is 78.3 Å². The summed E-state index contributed by atoms with van der Waals surface area (Å²) in [5.74, 6) is 2.49. The van der Waals surface area contributed by atoms with Gasteiger partial charge in [-0.3, -0.25) is 9.67 Å². The maximum absolute atomic E-state index is 4.79. The Morgan fingerprint density at radius 2 is 1.94 bits per heavy atom. The first kappa shape index (κ1) is 25.2. The van der Waals surface area contributed by atoms with Crippen molar-refractivity contribution in [2.75, 3.05) is 19.3 Å². The molecule has 0 fully saturated rings. The SMILES string of the molecule is CCNC(=NCCCc1nnc(SC)n1CC(C)C)NC(C)Cc1c(C)nn(C)c1C. The van der Waals surface area contributed by atoms with Crippen molar-refractivity contribution in [2.24, 2.45) is 18.0 Å². The van der Waals surface area contributed by atoms with E-state index in [-0.39, 0.29) is 6.04 Å². The van der Waals surface area contributed by atoms with Crippen molar-refractivity contribution in [3.8, 4) is 0 Å². The van der Waals surface area contributed by atoms with Crippen LogP contribution in [0, 0.1) is 19.8 Å². The molecule has 1 unspecified atom stereocenters. The van der Waals surface area contributed by atoms with Gasteiger partial charge in [-0.05, 0) is 58.3 Å². The molecule has 0 aromatic carbocycles. The van der Waals surface area contributed by atoms with Gasteiger partial charge in [-0.15, -0.1) is 10.2 Å². The molecule has 9 heteroatoms. The van der Waals surface area contributed by atoms with Crippen molar-refractivity contribution < 1.29 is 0 Å². The first-order chi connectivity index (χ1) is 14.8. The summed E-state index contributed by atoms with van der Waals surface area (Å²) in [6, 6.07) is 0.262. The molecule has 0 bridgehead atoms. The highest BCUT2D eigenvalue weighted by Gasteiger charge is 2.15. The molecule has 8 nitrogen and oxygen atoms in total. The highest BCUT2D eigenvalue weighted by molar-refractivity contribution is 7.98. The Kier molecular flexibility index (Phi) is 9.87. The summed E-state index contributed by atoms with van der Waals surface area (Å²) in [5.41, 5.74) is 3.64. The van der Waals surface area contributed by atoms with Crippen molar-refractivity contribution in [1.82, 2.24) is 35.2 Å². The number of thioether (sulfide) groups is 1. The fourth-order valence-corrected chi connectivity index (χ4v) is 4.18. The summed E-state index contributed by atoms with van der Waals surface area (Å²) >= 11 is 1.66. The minimum absolute atomic E-state index is 0.262. The molecule has 0 aliphatic rings. The molecule has 2 aromatic rings. The van der Waals surface area contributed by atoms with Gasteiger partial charge in [-0.1, -0.05) is 25.6 Å². The monoisotopic (exact) mass is 448 g/mol. The normalized spacial score (nSPS) is 13.1. The van der Waals surface area contributed by atoms with Crippen LogP contribution in [0.2, 0.25) is 0 Å². The van der Waals surface area contributed by atoms with Gasteiger partial charge < -0.3 is 15.2 Å². The third-order valence-corrected chi connectivity index (χ3v) is 5.92. The minimum atomic E-state index is 0.262. The fourth-order valence-electron chi connectivity index (χ4n) is 3.65. The molecule has 0 aliphatic heterocycles. The molecule has 31 heavy (non-hydrogen) atoms. The molecular formula is C22H40N8S. The van der Waals surface area contributed by atoms with E-state index >= 15 is 0 Å². The second kappa shape index (κ2) is 12.1. The van der Waals surface area contributed by atoms with Gasteiger partial charge in [0.25, 0.3) is 0 Å². The van der Waals surface area contributed by atoms with Gasteiger partial charge in [-0.2, -0.15) is 5.10 Å². The van der Waals surface area contributed by atoms with E-state index in [4.69, 9.17) is 4.99 Å². The van der Waals surface area contributed by atoms with Crippen LogP contribution in [0.3, 0.4) is 0 Å². The summed E-state index contributed by atoms with van der Waals surface area (Å²) in [7, 11) is 2.00. The van der Waals surface area contributed by atoms with E-state index in [1.807, 2.05) is 11.7 Å². The number of guanidine groups is 1. The van der Waals surface area contributed by atoms with Gasteiger partial charge in [0.1, 0.15) is 5.82 Å². The third-order valence-electron chi connectivity index (χ3n) is 5.25. The zero-order chi connectivity index (χ0) is 23.0. The summed E-state index contributed by atoms with van der Waals surface area (Å²) in [6.45, 7) is 15.5. The molecule has 2 N–H and O–H groups in total. The molecule has 0 saturated carbocycles. The Balaban J connectivity index is 1.93. The van der Waals surface area contributed by atoms with Gasteiger partial charge in [-0.25, -0.2) is 0 Å². The quantitative estimate of drug-likeness (QED) is 0.238. The summed E-state index contributed by atoms with van der Waals surface area (Å²) in [5, 5.41) is 21.2. The molecule has 0 radical (unpaired) electrons. The topological polar surface area (TPSA) is 84.9 Å². The Labute approximate surface area is 191 Å². The zero-order valence-electron chi connectivity index (χ0n) is 20.5. The van der Waals surface area contributed by atoms with Crippen molar-refractivity contribution >= 4 is 17.7 Å². The first-order valence-corrected chi connectivity index (χ1v) is 12.5. The highest BCUT2D eigenvalue weighted by Crippen LogP contribution is 2.17. The molecule has 174 valence electrons. The van der Waals surface area contributed by atoms with Gasteiger partial charge >= 0.3 is 0 Å². The molecule has 1 atom stereocenters. The van der Waals surface area contributed by atoms with Gasteiger partial charge in [0, 0.05) is 44.8 Å². The van der Waals surface area contributed by atoms with Crippen LogP contribution in [0.5, 0.6) is 0 Å². The molecule has 2 aromatic heterocycles. The average molecular weight is 449 g/mol. The van der Waals surface area contributed by atoms with Crippen LogP contribution < -0.4 is 10.6 Å². The number of rotatable bonds is 11. The van der Waals surface area contributed by atoms with E-state index < -0.39 is 0 Å². The van der Waals surface area contributed by atoms with Gasteiger partial charge in [0.05, 0.1) is 5.69 Å². The van der Waals surface area contributed by atoms with Gasteiger partial charge in [0.15, 0.2) is 11.1 Å². The number of hydrogen-bond donors (Lipinski definition) is 2. The third kappa shape index (κ3) is 7.26. The predicted molar refractivity (Wildman–Crippen MR) is 130 cm³/mol. The first-order valence-electron chi connectivity index (χ1n) is 11.3. The smallest absolute Gasteiger partial charge is 0.191 e. The molecule has 0 aliphatic carbocycles. The number of nitrogens with zero attached hydrogens (tertiary/aromatic N) is 6. The van der Waals surface area contributed by atoms with Crippen molar-refractivity contribution in [3.05, 3.63) is 22.8 Å². The number of aliphatic imine (C=N–C) groups is 1. The number of aryl methyl sites for hydroxylation is 3. The molecule has 0 saturated heterocycles. The van der Waals surface area contributed by atoms with Crippen LogP contribution >= 0.6 is 11.8 Å². The van der Waals surface area contributed by atoms with E-state index in [1.165, 1.54) is 11.3 Å². The van der Waals surface area contributed by atoms with E-state index in [0.29, 0.717) is 5.92 Å². The van der Waals surface area contributed by atoms with E-state index in [0.717, 1.165) is 61.5 Å². The lowest BCUT2D eigenvalue weighted by Crippen LogP contribution is -2.43. The number of aromatic nitrogens is 5. The molecule has 2 rings (SSSR count). The lowest BCUT2D eigenvalue weighted by atomic mass is 10.1. The molecule has 0 spiro atoms. The standard InChI is InChI=1S/C22H40N8S/c1-9-23-21(25-16(4)13-19-17(5)28-29(7)18(19)6)24-12-10-11-20-26-27-22(31-8)30(20)14-15(2)3/h15-16H,9-14H2,1-8H3,(H2,23,24,25). The Bertz CT molecular complexity index is 852. The largest absolute Gasteiger partial charge is 0.357 e. The predicted octanol–water partition coefficient (Wildman–Crippen LogP) is 3.13. The lowest BCUT2D eigenvalue weighted by molar-refractivity contribution is 0.477. The maximum Gasteiger partial charge on any atom is 0.191 e. The fraction of sp³-hybridized carbons (Fsp3) is 0.727. The van der Waals surface area contributed by atoms with Crippen LogP contribution in [0.15, 0.2) is 10.1 Å². The second-order valence-electron chi connectivity index (χ2n) is 8.49. The van der Waals surface area contributed by atoms with Crippen LogP contribution in [0.25, 0.3) is 0 Å². The molecular weight excluding hydrogens is 408 g/mol. The second-order valence-corrected chi connectivity index (χ2v) is 9.27. The van der Waals surface area contributed by atoms with Gasteiger partial charge in [0.2, 0.25) is 0 Å². The maximum atomic E-state index is 4.79. The van der Waals surface area contributed by atoms with Crippen molar-refractivity contribution in [3.63, 3.8) is 0 Å². The van der Waals surface area contributed by atoms with Crippen molar-refractivity contribution in [1.29, 1.82) is 0 Å². The zero-order valence-corrected chi connectivity index (χ0v) is 21.3. The van der Waals surface area contributed by atoms with E-state index in [9.17, 15) is 0 Å². The van der Waals surface area contributed by atoms with Crippen LogP contribution in [-0.4, -0.2) is 55.9 Å². The average Bonchev–Trinajstić information content (AvgIpc) is 3.19. The van der Waals surface area contributed by atoms with E-state index in [1.54, 1.807) is 11.8 Å². The summed E-state index contributed by atoms with van der Waals surface area (Å²) in [4.78, 5) is 4.79. The van der Waals surface area contributed by atoms with Crippen LogP contribution in [0.4, 0.5) is 0 Å². The highest BCUT2D eigenvalue weighted by atomic mass is 32.2. The molecule has 0 amide bonds. The Hall–Kier alpha value is -2.03. The van der Waals surface area contributed by atoms with Crippen LogP contribution in [-0.2, 0) is 26.4 Å². The van der Waals surface area contributed by atoms with Crippen molar-refractivity contribution in [2.45, 2.75) is 78.5 Å². The number of hydrogen-bond acceptors (Lipinski definition) is 5. The van der Waals surface area contributed by atoms with Crippen LogP contribution in [0.1, 0.15) is 56.9 Å². The Morgan fingerprint density at radius 1 is 1.19 bits per heavy atom. The Morgan fingerprint density at radius 3 is 2.52 bits per heavy atom.